The van der Waals surface area contributed by atoms with Crippen LogP contribution in [0.25, 0.3) is 0 Å². The van der Waals surface area contributed by atoms with E-state index in [4.69, 9.17) is 11.6 Å². The molecule has 174 valence electrons. The van der Waals surface area contributed by atoms with Gasteiger partial charge in [0.1, 0.15) is 12.6 Å². The molecular formula is C22H27BrClN3O4S. The van der Waals surface area contributed by atoms with Gasteiger partial charge in [-0.3, -0.25) is 13.9 Å². The van der Waals surface area contributed by atoms with Crippen LogP contribution in [0.2, 0.25) is 5.02 Å². The van der Waals surface area contributed by atoms with Crippen LogP contribution in [0, 0.1) is 0 Å². The quantitative estimate of drug-likeness (QED) is 0.520. The first-order valence-electron chi connectivity index (χ1n) is 9.96. The average molecular weight is 545 g/mol. The van der Waals surface area contributed by atoms with E-state index in [1.54, 1.807) is 25.1 Å². The number of nitrogens with one attached hydrogen (secondary N) is 1. The van der Waals surface area contributed by atoms with Gasteiger partial charge in [-0.15, -0.1) is 0 Å². The van der Waals surface area contributed by atoms with Gasteiger partial charge in [-0.25, -0.2) is 8.42 Å². The van der Waals surface area contributed by atoms with Gasteiger partial charge in [-0.2, -0.15) is 0 Å². The van der Waals surface area contributed by atoms with E-state index < -0.39 is 28.5 Å². The van der Waals surface area contributed by atoms with E-state index in [1.165, 1.54) is 11.0 Å². The SMILES string of the molecule is CC(C)NC(=O)C(C)N(Cc1ccc(Br)cc1)C(=O)CN(c1ccccc1Cl)S(C)(=O)=O. The van der Waals surface area contributed by atoms with E-state index in [-0.39, 0.29) is 29.2 Å². The summed E-state index contributed by atoms with van der Waals surface area (Å²) < 4.78 is 26.8. The lowest BCUT2D eigenvalue weighted by Crippen LogP contribution is -2.52. The van der Waals surface area contributed by atoms with Gasteiger partial charge in [0, 0.05) is 17.1 Å². The van der Waals surface area contributed by atoms with Crippen molar-refractivity contribution in [3.63, 3.8) is 0 Å². The van der Waals surface area contributed by atoms with Crippen molar-refractivity contribution in [1.29, 1.82) is 0 Å². The van der Waals surface area contributed by atoms with Crippen LogP contribution in [0.15, 0.2) is 53.0 Å². The third kappa shape index (κ3) is 7.21. The number of anilines is 1. The highest BCUT2D eigenvalue weighted by atomic mass is 79.9. The number of para-hydroxylation sites is 1. The number of amides is 2. The maximum absolute atomic E-state index is 13.4. The number of carbonyl (C=O) groups excluding carboxylic acids is 2. The third-order valence-corrected chi connectivity index (χ3v) is 6.64. The number of nitrogens with zero attached hydrogens (tertiary/aromatic N) is 2. The predicted octanol–water partition coefficient (Wildman–Crippen LogP) is 3.81. The first-order chi connectivity index (χ1) is 14.9. The van der Waals surface area contributed by atoms with Gasteiger partial charge in [-0.05, 0) is 50.6 Å². The summed E-state index contributed by atoms with van der Waals surface area (Å²) >= 11 is 9.58. The van der Waals surface area contributed by atoms with Gasteiger partial charge >= 0.3 is 0 Å². The lowest BCUT2D eigenvalue weighted by molar-refractivity contribution is -0.139. The number of hydrogen-bond acceptors (Lipinski definition) is 4. The molecule has 0 bridgehead atoms. The van der Waals surface area contributed by atoms with Crippen molar-refractivity contribution in [1.82, 2.24) is 10.2 Å². The van der Waals surface area contributed by atoms with Gasteiger partial charge in [0.15, 0.2) is 0 Å². The molecule has 1 N–H and O–H groups in total. The zero-order valence-corrected chi connectivity index (χ0v) is 21.5. The Balaban J connectivity index is 2.39. The predicted molar refractivity (Wildman–Crippen MR) is 131 cm³/mol. The summed E-state index contributed by atoms with van der Waals surface area (Å²) in [6.07, 6.45) is 1.01. The molecule has 1 atom stereocenters. The third-order valence-electron chi connectivity index (χ3n) is 4.66. The number of halogens is 2. The largest absolute Gasteiger partial charge is 0.352 e. The molecule has 2 aromatic rings. The fourth-order valence-corrected chi connectivity index (χ4v) is 4.44. The molecule has 7 nitrogen and oxygen atoms in total. The Morgan fingerprint density at radius 3 is 2.19 bits per heavy atom. The van der Waals surface area contributed by atoms with Crippen LogP contribution in [0.3, 0.4) is 0 Å². The molecule has 0 spiro atoms. The normalized spacial score (nSPS) is 12.3. The van der Waals surface area contributed by atoms with E-state index in [9.17, 15) is 18.0 Å². The summed E-state index contributed by atoms with van der Waals surface area (Å²) in [5.74, 6) is -0.848. The number of rotatable bonds is 9. The van der Waals surface area contributed by atoms with Crippen molar-refractivity contribution in [2.45, 2.75) is 39.4 Å². The van der Waals surface area contributed by atoms with Crippen LogP contribution in [-0.4, -0.2) is 50.0 Å². The van der Waals surface area contributed by atoms with Crippen LogP contribution in [0.5, 0.6) is 0 Å². The maximum atomic E-state index is 13.4. The molecule has 2 rings (SSSR count). The van der Waals surface area contributed by atoms with E-state index in [0.29, 0.717) is 0 Å². The van der Waals surface area contributed by atoms with Gasteiger partial charge in [0.25, 0.3) is 0 Å². The highest BCUT2D eigenvalue weighted by Crippen LogP contribution is 2.27. The van der Waals surface area contributed by atoms with Crippen molar-refractivity contribution in [2.75, 3.05) is 17.1 Å². The number of benzene rings is 2. The molecule has 2 amide bonds. The Hall–Kier alpha value is -2.10. The zero-order valence-electron chi connectivity index (χ0n) is 18.4. The molecule has 0 heterocycles. The molecule has 1 unspecified atom stereocenters. The molecule has 0 saturated carbocycles. The van der Waals surface area contributed by atoms with Crippen molar-refractivity contribution in [3.8, 4) is 0 Å². The summed E-state index contributed by atoms with van der Waals surface area (Å²) in [6.45, 7) is 4.93. The highest BCUT2D eigenvalue weighted by molar-refractivity contribution is 9.10. The fourth-order valence-electron chi connectivity index (χ4n) is 3.02. The van der Waals surface area contributed by atoms with Crippen LogP contribution in [-0.2, 0) is 26.2 Å². The number of carbonyl (C=O) groups is 2. The van der Waals surface area contributed by atoms with E-state index >= 15 is 0 Å². The summed E-state index contributed by atoms with van der Waals surface area (Å²) in [4.78, 5) is 27.4. The minimum Gasteiger partial charge on any atom is -0.352 e. The van der Waals surface area contributed by atoms with Gasteiger partial charge in [0.05, 0.1) is 17.0 Å². The zero-order chi connectivity index (χ0) is 24.1. The molecule has 0 aliphatic heterocycles. The lowest BCUT2D eigenvalue weighted by Gasteiger charge is -2.32. The number of hydrogen-bond donors (Lipinski definition) is 1. The average Bonchev–Trinajstić information content (AvgIpc) is 2.70. The summed E-state index contributed by atoms with van der Waals surface area (Å²) in [5, 5.41) is 3.01. The molecule has 0 radical (unpaired) electrons. The van der Waals surface area contributed by atoms with Crippen molar-refractivity contribution >= 4 is 55.1 Å². The van der Waals surface area contributed by atoms with Crippen LogP contribution in [0.1, 0.15) is 26.3 Å². The van der Waals surface area contributed by atoms with Gasteiger partial charge in [0.2, 0.25) is 21.8 Å². The standard InChI is InChI=1S/C22H27BrClN3O4S/c1-15(2)25-22(29)16(3)26(13-17-9-11-18(23)12-10-17)21(28)14-27(32(4,30)31)20-8-6-5-7-19(20)24/h5-12,15-16H,13-14H2,1-4H3,(H,25,29). The van der Waals surface area contributed by atoms with E-state index in [1.807, 2.05) is 38.1 Å². The van der Waals surface area contributed by atoms with Crippen molar-refractivity contribution in [2.24, 2.45) is 0 Å². The van der Waals surface area contributed by atoms with E-state index in [2.05, 4.69) is 21.2 Å². The second kappa shape index (κ2) is 11.2. The maximum Gasteiger partial charge on any atom is 0.244 e. The molecule has 0 aliphatic rings. The Bertz CT molecular complexity index is 1060. The Kier molecular flexibility index (Phi) is 9.12. The van der Waals surface area contributed by atoms with Crippen LogP contribution in [0.4, 0.5) is 5.69 Å². The molecule has 10 heteroatoms. The Morgan fingerprint density at radius 2 is 1.66 bits per heavy atom. The molecule has 0 fully saturated rings. The van der Waals surface area contributed by atoms with Crippen molar-refractivity contribution < 1.29 is 18.0 Å². The molecule has 0 saturated heterocycles. The van der Waals surface area contributed by atoms with Crippen molar-refractivity contribution in [3.05, 3.63) is 63.6 Å². The highest BCUT2D eigenvalue weighted by Gasteiger charge is 2.30. The molecule has 2 aromatic carbocycles. The minimum absolute atomic E-state index is 0.106. The Morgan fingerprint density at radius 1 is 1.06 bits per heavy atom. The topological polar surface area (TPSA) is 86.8 Å². The summed E-state index contributed by atoms with van der Waals surface area (Å²) in [6, 6.07) is 12.8. The fraction of sp³-hybridized carbons (Fsp3) is 0.364. The second-order valence-electron chi connectivity index (χ2n) is 7.71. The summed E-state index contributed by atoms with van der Waals surface area (Å²) in [5.41, 5.74) is 1.00. The Labute approximate surface area is 202 Å². The lowest BCUT2D eigenvalue weighted by atomic mass is 10.1. The summed E-state index contributed by atoms with van der Waals surface area (Å²) in [7, 11) is -3.82. The molecule has 0 aromatic heterocycles. The monoisotopic (exact) mass is 543 g/mol. The van der Waals surface area contributed by atoms with Gasteiger partial charge in [-0.1, -0.05) is 51.8 Å². The second-order valence-corrected chi connectivity index (χ2v) is 10.9. The van der Waals surface area contributed by atoms with E-state index in [0.717, 1.165) is 20.6 Å². The molecular weight excluding hydrogens is 518 g/mol. The smallest absolute Gasteiger partial charge is 0.244 e. The van der Waals surface area contributed by atoms with Gasteiger partial charge < -0.3 is 10.2 Å². The minimum atomic E-state index is -3.82. The number of sulfonamides is 1. The van der Waals surface area contributed by atoms with Crippen LogP contribution >= 0.6 is 27.5 Å². The van der Waals surface area contributed by atoms with Crippen LogP contribution < -0.4 is 9.62 Å². The molecule has 0 aliphatic carbocycles. The molecule has 32 heavy (non-hydrogen) atoms. The first-order valence-corrected chi connectivity index (χ1v) is 13.0. The first kappa shape index (κ1) is 26.2.